The summed E-state index contributed by atoms with van der Waals surface area (Å²) in [5, 5.41) is 3.32. The second kappa shape index (κ2) is 7.61. The van der Waals surface area contributed by atoms with E-state index in [0.717, 1.165) is 5.56 Å². The monoisotopic (exact) mass is 337 g/mol. The van der Waals surface area contributed by atoms with Crippen molar-refractivity contribution >= 4 is 16.8 Å². The second-order valence-corrected chi connectivity index (χ2v) is 5.68. The first kappa shape index (κ1) is 16.7. The van der Waals surface area contributed by atoms with Crippen LogP contribution >= 0.6 is 0 Å². The standard InChI is InChI=1S/C19H19N3O3/c1-13-6-2-5-9-16(13)25-12-18(23)20-11-10-17-21-15-8-4-3-7-14(15)19(24)22-17/h2-9H,10-12H2,1H3,(H,20,23)(H,21,22,24). The Kier molecular flexibility index (Phi) is 5.09. The Balaban J connectivity index is 1.52. The number of hydrogen-bond acceptors (Lipinski definition) is 4. The number of amides is 1. The molecule has 3 aromatic rings. The zero-order valence-corrected chi connectivity index (χ0v) is 13.9. The maximum Gasteiger partial charge on any atom is 0.258 e. The number of carbonyl (C=O) groups is 1. The van der Waals surface area contributed by atoms with Crippen molar-refractivity contribution in [3.8, 4) is 5.75 Å². The zero-order valence-electron chi connectivity index (χ0n) is 13.9. The number of nitrogens with zero attached hydrogens (tertiary/aromatic N) is 1. The smallest absolute Gasteiger partial charge is 0.258 e. The van der Waals surface area contributed by atoms with Gasteiger partial charge < -0.3 is 15.0 Å². The Morgan fingerprint density at radius 3 is 2.76 bits per heavy atom. The molecule has 0 saturated carbocycles. The van der Waals surface area contributed by atoms with E-state index >= 15 is 0 Å². The number of aromatic amines is 1. The number of para-hydroxylation sites is 2. The highest BCUT2D eigenvalue weighted by Gasteiger charge is 2.06. The number of rotatable bonds is 6. The van der Waals surface area contributed by atoms with Crippen LogP contribution in [0, 0.1) is 6.92 Å². The van der Waals surface area contributed by atoms with Crippen molar-refractivity contribution in [3.05, 3.63) is 70.3 Å². The Morgan fingerprint density at radius 2 is 1.92 bits per heavy atom. The number of hydrogen-bond donors (Lipinski definition) is 2. The number of nitrogens with one attached hydrogen (secondary N) is 2. The number of carbonyl (C=O) groups excluding carboxylic acids is 1. The van der Waals surface area contributed by atoms with E-state index in [0.29, 0.717) is 35.4 Å². The minimum atomic E-state index is -0.216. The molecular formula is C19H19N3O3. The van der Waals surface area contributed by atoms with Crippen molar-refractivity contribution in [2.45, 2.75) is 13.3 Å². The van der Waals surface area contributed by atoms with Gasteiger partial charge in [-0.2, -0.15) is 0 Å². The molecule has 3 rings (SSSR count). The van der Waals surface area contributed by atoms with Crippen LogP contribution in [0.1, 0.15) is 11.4 Å². The molecule has 0 atom stereocenters. The van der Waals surface area contributed by atoms with E-state index < -0.39 is 0 Å². The molecule has 25 heavy (non-hydrogen) atoms. The molecule has 2 aromatic carbocycles. The van der Waals surface area contributed by atoms with Crippen LogP contribution in [-0.2, 0) is 11.2 Å². The van der Waals surface area contributed by atoms with Gasteiger partial charge in [-0.25, -0.2) is 4.98 Å². The van der Waals surface area contributed by atoms with E-state index in [-0.39, 0.29) is 18.1 Å². The molecule has 0 aliphatic carbocycles. The predicted octanol–water partition coefficient (Wildman–Crippen LogP) is 1.97. The van der Waals surface area contributed by atoms with Crippen LogP contribution in [-0.4, -0.2) is 29.0 Å². The Labute approximate surface area is 144 Å². The summed E-state index contributed by atoms with van der Waals surface area (Å²) in [6.07, 6.45) is 0.441. The summed E-state index contributed by atoms with van der Waals surface area (Å²) in [6, 6.07) is 14.7. The Hall–Kier alpha value is -3.15. The molecule has 0 radical (unpaired) electrons. The first-order valence-corrected chi connectivity index (χ1v) is 8.06. The molecule has 0 fully saturated rings. The minimum Gasteiger partial charge on any atom is -0.484 e. The van der Waals surface area contributed by atoms with Crippen LogP contribution in [0.25, 0.3) is 10.9 Å². The lowest BCUT2D eigenvalue weighted by atomic mass is 10.2. The van der Waals surface area contributed by atoms with Gasteiger partial charge in [0.1, 0.15) is 11.6 Å². The number of aryl methyl sites for hydroxylation is 1. The molecule has 2 N–H and O–H groups in total. The average Bonchev–Trinajstić information content (AvgIpc) is 2.61. The summed E-state index contributed by atoms with van der Waals surface area (Å²) >= 11 is 0. The maximum atomic E-state index is 12.0. The largest absolute Gasteiger partial charge is 0.484 e. The van der Waals surface area contributed by atoms with Crippen LogP contribution in [0.2, 0.25) is 0 Å². The quantitative estimate of drug-likeness (QED) is 0.720. The highest BCUT2D eigenvalue weighted by atomic mass is 16.5. The van der Waals surface area contributed by atoms with E-state index in [1.807, 2.05) is 37.3 Å². The lowest BCUT2D eigenvalue weighted by molar-refractivity contribution is -0.123. The summed E-state index contributed by atoms with van der Waals surface area (Å²) in [7, 11) is 0. The first-order chi connectivity index (χ1) is 12.1. The molecule has 1 aromatic heterocycles. The highest BCUT2D eigenvalue weighted by Crippen LogP contribution is 2.15. The normalized spacial score (nSPS) is 10.6. The minimum absolute atomic E-state index is 0.0491. The van der Waals surface area contributed by atoms with E-state index in [1.165, 1.54) is 0 Å². The number of benzene rings is 2. The summed E-state index contributed by atoms with van der Waals surface area (Å²) in [4.78, 5) is 31.0. The Bertz CT molecular complexity index is 950. The molecular weight excluding hydrogens is 318 g/mol. The molecule has 6 nitrogen and oxygen atoms in total. The molecule has 1 heterocycles. The van der Waals surface area contributed by atoms with E-state index in [2.05, 4.69) is 15.3 Å². The summed E-state index contributed by atoms with van der Waals surface area (Å²) in [6.45, 7) is 2.25. The SMILES string of the molecule is Cc1ccccc1OCC(=O)NCCc1nc2ccccc2c(=O)[nH]1. The van der Waals surface area contributed by atoms with Gasteiger partial charge in [0, 0.05) is 13.0 Å². The van der Waals surface area contributed by atoms with Crippen LogP contribution < -0.4 is 15.6 Å². The maximum absolute atomic E-state index is 12.0. The van der Waals surface area contributed by atoms with Gasteiger partial charge in [-0.1, -0.05) is 30.3 Å². The number of H-pyrrole nitrogens is 1. The number of ether oxygens (including phenoxy) is 1. The summed E-state index contributed by atoms with van der Waals surface area (Å²) in [5.41, 5.74) is 1.46. The predicted molar refractivity (Wildman–Crippen MR) is 95.8 cm³/mol. The van der Waals surface area contributed by atoms with Gasteiger partial charge in [-0.3, -0.25) is 9.59 Å². The zero-order chi connectivity index (χ0) is 17.6. The molecule has 0 aliphatic heterocycles. The van der Waals surface area contributed by atoms with Crippen LogP contribution in [0.15, 0.2) is 53.3 Å². The number of fused-ring (bicyclic) bond motifs is 1. The lowest BCUT2D eigenvalue weighted by Crippen LogP contribution is -2.31. The van der Waals surface area contributed by atoms with E-state index in [9.17, 15) is 9.59 Å². The van der Waals surface area contributed by atoms with Gasteiger partial charge in [-0.15, -0.1) is 0 Å². The molecule has 0 unspecified atom stereocenters. The molecule has 6 heteroatoms. The van der Waals surface area contributed by atoms with Crippen molar-refractivity contribution in [1.82, 2.24) is 15.3 Å². The molecule has 1 amide bonds. The van der Waals surface area contributed by atoms with Gasteiger partial charge in [0.15, 0.2) is 6.61 Å². The van der Waals surface area contributed by atoms with Gasteiger partial charge in [0.05, 0.1) is 10.9 Å². The van der Waals surface area contributed by atoms with Gasteiger partial charge in [0.25, 0.3) is 11.5 Å². The summed E-state index contributed by atoms with van der Waals surface area (Å²) < 4.78 is 5.49. The third kappa shape index (κ3) is 4.23. The van der Waals surface area contributed by atoms with Crippen molar-refractivity contribution in [3.63, 3.8) is 0 Å². The molecule has 0 bridgehead atoms. The van der Waals surface area contributed by atoms with Crippen LogP contribution in [0.5, 0.6) is 5.75 Å². The van der Waals surface area contributed by atoms with Crippen molar-refractivity contribution < 1.29 is 9.53 Å². The third-order valence-electron chi connectivity index (χ3n) is 3.80. The molecule has 0 spiro atoms. The number of aromatic nitrogens is 2. The van der Waals surface area contributed by atoms with Gasteiger partial charge in [0.2, 0.25) is 0 Å². The fourth-order valence-electron chi connectivity index (χ4n) is 2.49. The second-order valence-electron chi connectivity index (χ2n) is 5.68. The van der Waals surface area contributed by atoms with Crippen LogP contribution in [0.4, 0.5) is 0 Å². The van der Waals surface area contributed by atoms with Gasteiger partial charge >= 0.3 is 0 Å². The Morgan fingerprint density at radius 1 is 1.16 bits per heavy atom. The fourth-order valence-corrected chi connectivity index (χ4v) is 2.49. The topological polar surface area (TPSA) is 84.1 Å². The van der Waals surface area contributed by atoms with E-state index in [4.69, 9.17) is 4.74 Å². The van der Waals surface area contributed by atoms with Crippen LogP contribution in [0.3, 0.4) is 0 Å². The molecule has 0 aliphatic rings. The first-order valence-electron chi connectivity index (χ1n) is 8.06. The third-order valence-corrected chi connectivity index (χ3v) is 3.80. The molecule has 128 valence electrons. The average molecular weight is 337 g/mol. The van der Waals surface area contributed by atoms with Crippen molar-refractivity contribution in [2.75, 3.05) is 13.2 Å². The highest BCUT2D eigenvalue weighted by molar-refractivity contribution is 5.78. The van der Waals surface area contributed by atoms with E-state index in [1.54, 1.807) is 18.2 Å². The fraction of sp³-hybridized carbons (Fsp3) is 0.211. The van der Waals surface area contributed by atoms with Gasteiger partial charge in [-0.05, 0) is 30.7 Å². The molecule has 0 saturated heterocycles. The van der Waals surface area contributed by atoms with Crippen molar-refractivity contribution in [1.29, 1.82) is 0 Å². The summed E-state index contributed by atoms with van der Waals surface area (Å²) in [5.74, 6) is 1.02. The van der Waals surface area contributed by atoms with Crippen molar-refractivity contribution in [2.24, 2.45) is 0 Å². The lowest BCUT2D eigenvalue weighted by Gasteiger charge is -2.09.